The van der Waals surface area contributed by atoms with Gasteiger partial charge >= 0.3 is 0 Å². The van der Waals surface area contributed by atoms with Gasteiger partial charge in [-0.05, 0) is 42.3 Å². The van der Waals surface area contributed by atoms with Crippen molar-refractivity contribution in [3.63, 3.8) is 0 Å². The highest BCUT2D eigenvalue weighted by atomic mass is 32.1. The average Bonchev–Trinajstić information content (AvgIpc) is 2.80. The fraction of sp³-hybridized carbons (Fsp3) is 0.385. The predicted octanol–water partition coefficient (Wildman–Crippen LogP) is 2.94. The Morgan fingerprint density at radius 3 is 2.88 bits per heavy atom. The normalized spacial score (nSPS) is 17.6. The largest absolute Gasteiger partial charge is 0.496 e. The van der Waals surface area contributed by atoms with E-state index in [2.05, 4.69) is 23.6 Å². The second-order valence-electron chi connectivity index (χ2n) is 4.63. The molecule has 0 unspecified atom stereocenters. The third-order valence-electron chi connectivity index (χ3n) is 3.31. The Morgan fingerprint density at radius 2 is 2.19 bits per heavy atom. The van der Waals surface area contributed by atoms with Gasteiger partial charge in [0.05, 0.1) is 7.11 Å². The van der Waals surface area contributed by atoms with Crippen molar-refractivity contribution in [3.05, 3.63) is 29.1 Å². The summed E-state index contributed by atoms with van der Waals surface area (Å²) in [5.41, 5.74) is 7.45. The summed E-state index contributed by atoms with van der Waals surface area (Å²) in [5, 5.41) is 3.32. The minimum absolute atomic E-state index is 0.0387. The smallest absolute Gasteiger partial charge is 0.130 e. The van der Waals surface area contributed by atoms with Crippen LogP contribution in [0.5, 0.6) is 5.75 Å². The van der Waals surface area contributed by atoms with Gasteiger partial charge in [-0.3, -0.25) is 0 Å². The van der Waals surface area contributed by atoms with Crippen molar-refractivity contribution in [2.75, 3.05) is 7.11 Å². The molecule has 0 radical (unpaired) electrons. The summed E-state index contributed by atoms with van der Waals surface area (Å²) in [7, 11) is 1.74. The Balaban J connectivity index is 2.08. The molecule has 1 aliphatic rings. The van der Waals surface area contributed by atoms with Gasteiger partial charge in [-0.15, -0.1) is 11.3 Å². The number of hydrogen-bond acceptors (Lipinski definition) is 3. The number of thiophene rings is 1. The number of ether oxygens (including phenoxy) is 1. The van der Waals surface area contributed by atoms with E-state index in [1.54, 1.807) is 18.4 Å². The third-order valence-corrected chi connectivity index (χ3v) is 4.19. The highest BCUT2D eigenvalue weighted by molar-refractivity contribution is 7.17. The molecule has 1 aromatic carbocycles. The molecule has 3 rings (SSSR count). The molecule has 0 aliphatic heterocycles. The maximum Gasteiger partial charge on any atom is 0.130 e. The van der Waals surface area contributed by atoms with Crippen LogP contribution in [0, 0.1) is 0 Å². The van der Waals surface area contributed by atoms with Gasteiger partial charge < -0.3 is 10.5 Å². The average molecular weight is 233 g/mol. The van der Waals surface area contributed by atoms with Gasteiger partial charge in [-0.1, -0.05) is 6.07 Å². The first-order chi connectivity index (χ1) is 7.72. The van der Waals surface area contributed by atoms with Crippen LogP contribution in [0.4, 0.5) is 0 Å². The number of nitrogens with two attached hydrogens (primary N) is 1. The SMILES string of the molecule is COc1c(CC2(N)CC2)ccc2sccc12. The number of hydrogen-bond donors (Lipinski definition) is 1. The lowest BCUT2D eigenvalue weighted by atomic mass is 10.0. The summed E-state index contributed by atoms with van der Waals surface area (Å²) in [5.74, 6) is 1.01. The number of fused-ring (bicyclic) bond motifs is 1. The molecule has 2 aromatic rings. The molecule has 3 heteroatoms. The molecule has 0 bridgehead atoms. The summed E-state index contributed by atoms with van der Waals surface area (Å²) < 4.78 is 6.82. The molecule has 1 fully saturated rings. The van der Waals surface area contributed by atoms with Crippen LogP contribution in [0.1, 0.15) is 18.4 Å². The molecule has 84 valence electrons. The Morgan fingerprint density at radius 1 is 1.38 bits per heavy atom. The number of methoxy groups -OCH3 is 1. The standard InChI is InChI=1S/C13H15NOS/c1-15-12-9(8-13(14)5-6-13)2-3-11-10(12)4-7-16-11/h2-4,7H,5-6,8,14H2,1H3. The number of benzene rings is 1. The highest BCUT2D eigenvalue weighted by Crippen LogP contribution is 2.40. The molecule has 1 saturated carbocycles. The molecule has 0 spiro atoms. The Bertz CT molecular complexity index is 528. The molecule has 1 aliphatic carbocycles. The predicted molar refractivity (Wildman–Crippen MR) is 68.2 cm³/mol. The minimum atomic E-state index is 0.0387. The van der Waals surface area contributed by atoms with E-state index in [1.165, 1.54) is 15.6 Å². The fourth-order valence-corrected chi connectivity index (χ4v) is 2.94. The molecule has 0 atom stereocenters. The highest BCUT2D eigenvalue weighted by Gasteiger charge is 2.38. The van der Waals surface area contributed by atoms with E-state index in [-0.39, 0.29) is 5.54 Å². The summed E-state index contributed by atoms with van der Waals surface area (Å²) in [6, 6.07) is 6.45. The van der Waals surface area contributed by atoms with Crippen molar-refractivity contribution in [1.29, 1.82) is 0 Å². The molecule has 1 aromatic heterocycles. The Labute approximate surface area is 99.0 Å². The summed E-state index contributed by atoms with van der Waals surface area (Å²) in [6.07, 6.45) is 3.21. The van der Waals surface area contributed by atoms with E-state index in [0.29, 0.717) is 0 Å². The lowest BCUT2D eigenvalue weighted by molar-refractivity contribution is 0.412. The Hall–Kier alpha value is -1.06. The maximum absolute atomic E-state index is 6.17. The van der Waals surface area contributed by atoms with E-state index >= 15 is 0 Å². The van der Waals surface area contributed by atoms with Gasteiger partial charge in [0.1, 0.15) is 5.75 Å². The van der Waals surface area contributed by atoms with Gasteiger partial charge in [-0.25, -0.2) is 0 Å². The molecule has 2 nitrogen and oxygen atoms in total. The summed E-state index contributed by atoms with van der Waals surface area (Å²) in [6.45, 7) is 0. The van der Waals surface area contributed by atoms with Crippen molar-refractivity contribution in [2.24, 2.45) is 5.73 Å². The van der Waals surface area contributed by atoms with E-state index in [9.17, 15) is 0 Å². The van der Waals surface area contributed by atoms with Crippen LogP contribution in [-0.2, 0) is 6.42 Å². The van der Waals surface area contributed by atoms with E-state index in [1.807, 2.05) is 0 Å². The minimum Gasteiger partial charge on any atom is -0.496 e. The molecule has 0 amide bonds. The lowest BCUT2D eigenvalue weighted by Crippen LogP contribution is -2.24. The zero-order chi connectivity index (χ0) is 11.2. The zero-order valence-electron chi connectivity index (χ0n) is 9.32. The summed E-state index contributed by atoms with van der Waals surface area (Å²) in [4.78, 5) is 0. The van der Waals surface area contributed by atoms with Crippen molar-refractivity contribution in [1.82, 2.24) is 0 Å². The van der Waals surface area contributed by atoms with Crippen LogP contribution in [0.2, 0.25) is 0 Å². The van der Waals surface area contributed by atoms with Gasteiger partial charge in [0, 0.05) is 15.6 Å². The van der Waals surface area contributed by atoms with Crippen LogP contribution in [0.25, 0.3) is 10.1 Å². The maximum atomic E-state index is 6.17. The third kappa shape index (κ3) is 1.60. The van der Waals surface area contributed by atoms with Crippen LogP contribution in [0.15, 0.2) is 23.6 Å². The first-order valence-corrected chi connectivity index (χ1v) is 6.42. The zero-order valence-corrected chi connectivity index (χ0v) is 10.1. The summed E-state index contributed by atoms with van der Waals surface area (Å²) >= 11 is 1.75. The van der Waals surface area contributed by atoms with Crippen LogP contribution >= 0.6 is 11.3 Å². The Kier molecular flexibility index (Phi) is 2.19. The van der Waals surface area contributed by atoms with Gasteiger partial charge in [0.15, 0.2) is 0 Å². The van der Waals surface area contributed by atoms with Gasteiger partial charge in [-0.2, -0.15) is 0 Å². The monoisotopic (exact) mass is 233 g/mol. The van der Waals surface area contributed by atoms with E-state index in [0.717, 1.165) is 25.0 Å². The van der Waals surface area contributed by atoms with Crippen LogP contribution in [-0.4, -0.2) is 12.6 Å². The van der Waals surface area contributed by atoms with Crippen molar-refractivity contribution < 1.29 is 4.74 Å². The molecule has 2 N–H and O–H groups in total. The second kappa shape index (κ2) is 3.47. The van der Waals surface area contributed by atoms with Gasteiger partial charge in [0.2, 0.25) is 0 Å². The van der Waals surface area contributed by atoms with Crippen molar-refractivity contribution in [3.8, 4) is 5.75 Å². The molecule has 1 heterocycles. The fourth-order valence-electron chi connectivity index (χ4n) is 2.16. The van der Waals surface area contributed by atoms with E-state index < -0.39 is 0 Å². The van der Waals surface area contributed by atoms with Crippen LogP contribution < -0.4 is 10.5 Å². The van der Waals surface area contributed by atoms with Crippen molar-refractivity contribution >= 4 is 21.4 Å². The molecule has 16 heavy (non-hydrogen) atoms. The van der Waals surface area contributed by atoms with E-state index in [4.69, 9.17) is 10.5 Å². The van der Waals surface area contributed by atoms with Crippen molar-refractivity contribution in [2.45, 2.75) is 24.8 Å². The quantitative estimate of drug-likeness (QED) is 0.884. The topological polar surface area (TPSA) is 35.2 Å². The molecular formula is C13H15NOS. The van der Waals surface area contributed by atoms with Crippen LogP contribution in [0.3, 0.4) is 0 Å². The molecular weight excluding hydrogens is 218 g/mol. The second-order valence-corrected chi connectivity index (χ2v) is 5.58. The van der Waals surface area contributed by atoms with Gasteiger partial charge in [0.25, 0.3) is 0 Å². The first-order valence-electron chi connectivity index (χ1n) is 5.54. The number of rotatable bonds is 3. The molecule has 0 saturated heterocycles. The lowest BCUT2D eigenvalue weighted by Gasteiger charge is -2.13. The first kappa shape index (κ1) is 10.1.